The van der Waals surface area contributed by atoms with E-state index < -0.39 is 0 Å². The summed E-state index contributed by atoms with van der Waals surface area (Å²) in [6, 6.07) is 9.94. The van der Waals surface area contributed by atoms with Crippen molar-refractivity contribution in [2.45, 2.75) is 32.6 Å². The molecular weight excluding hydrogens is 396 g/mol. The van der Waals surface area contributed by atoms with Crippen LogP contribution in [-0.2, 0) is 0 Å². The molecule has 0 radical (unpaired) electrons. The summed E-state index contributed by atoms with van der Waals surface area (Å²) in [6.07, 6.45) is 3.75. The molecule has 156 valence electrons. The number of hydrogen-bond donors (Lipinski definition) is 2. The molecule has 1 fully saturated rings. The van der Waals surface area contributed by atoms with Crippen molar-refractivity contribution >= 4 is 34.0 Å². The number of likely N-dealkylation sites (tertiary alicyclic amines) is 1. The molecule has 1 aliphatic heterocycles. The Kier molecular flexibility index (Phi) is 5.94. The van der Waals surface area contributed by atoms with Gasteiger partial charge in [-0.1, -0.05) is 23.5 Å². The van der Waals surface area contributed by atoms with E-state index in [4.69, 9.17) is 4.98 Å². The average molecular weight is 423 g/mol. The van der Waals surface area contributed by atoms with Gasteiger partial charge in [-0.3, -0.25) is 4.79 Å². The summed E-state index contributed by atoms with van der Waals surface area (Å²) >= 11 is 1.42. The zero-order valence-electron chi connectivity index (χ0n) is 17.5. The monoisotopic (exact) mass is 422 g/mol. The Morgan fingerprint density at radius 2 is 2.07 bits per heavy atom. The molecule has 1 saturated heterocycles. The van der Waals surface area contributed by atoms with Crippen molar-refractivity contribution in [1.29, 1.82) is 0 Å². The van der Waals surface area contributed by atoms with Crippen LogP contribution in [0, 0.1) is 13.8 Å². The first-order valence-corrected chi connectivity index (χ1v) is 11.0. The number of amides is 1. The SMILES string of the molecule is CNc1nc(C)c(C(=O)N2CCCC(c3cccc(Nc4ncccc4C)n3)C2)s1. The molecule has 0 aliphatic carbocycles. The molecule has 1 atom stereocenters. The van der Waals surface area contributed by atoms with Crippen molar-refractivity contribution in [2.75, 3.05) is 30.8 Å². The molecule has 4 rings (SSSR count). The van der Waals surface area contributed by atoms with Crippen LogP contribution in [0.5, 0.6) is 0 Å². The lowest BCUT2D eigenvalue weighted by Crippen LogP contribution is -2.39. The molecule has 0 bridgehead atoms. The first-order valence-electron chi connectivity index (χ1n) is 10.1. The summed E-state index contributed by atoms with van der Waals surface area (Å²) in [5.74, 6) is 1.86. The van der Waals surface area contributed by atoms with E-state index in [9.17, 15) is 4.79 Å². The normalized spacial score (nSPS) is 16.4. The van der Waals surface area contributed by atoms with Gasteiger partial charge in [-0.15, -0.1) is 0 Å². The minimum Gasteiger partial charge on any atom is -0.365 e. The van der Waals surface area contributed by atoms with E-state index in [-0.39, 0.29) is 11.8 Å². The van der Waals surface area contributed by atoms with E-state index in [1.807, 2.05) is 56.1 Å². The second kappa shape index (κ2) is 8.79. The third kappa shape index (κ3) is 4.28. The quantitative estimate of drug-likeness (QED) is 0.636. The number of thiazole rings is 1. The van der Waals surface area contributed by atoms with E-state index in [0.29, 0.717) is 11.4 Å². The first kappa shape index (κ1) is 20.3. The topological polar surface area (TPSA) is 83.0 Å². The van der Waals surface area contributed by atoms with Crippen LogP contribution in [0.15, 0.2) is 36.5 Å². The number of pyridine rings is 2. The number of carbonyl (C=O) groups excluding carboxylic acids is 1. The van der Waals surface area contributed by atoms with E-state index in [1.165, 1.54) is 11.3 Å². The van der Waals surface area contributed by atoms with Crippen molar-refractivity contribution in [3.8, 4) is 0 Å². The highest BCUT2D eigenvalue weighted by Crippen LogP contribution is 2.30. The van der Waals surface area contributed by atoms with Crippen molar-refractivity contribution in [3.05, 3.63) is 58.4 Å². The number of aromatic nitrogens is 3. The number of rotatable bonds is 5. The number of nitrogens with zero attached hydrogens (tertiary/aromatic N) is 4. The molecule has 7 nitrogen and oxygen atoms in total. The van der Waals surface area contributed by atoms with Crippen molar-refractivity contribution < 1.29 is 4.79 Å². The maximum absolute atomic E-state index is 13.1. The molecule has 4 heterocycles. The second-order valence-corrected chi connectivity index (χ2v) is 8.51. The predicted molar refractivity (Wildman–Crippen MR) is 121 cm³/mol. The molecule has 0 saturated carbocycles. The predicted octanol–water partition coefficient (Wildman–Crippen LogP) is 4.36. The third-order valence-corrected chi connectivity index (χ3v) is 6.52. The van der Waals surface area contributed by atoms with Gasteiger partial charge in [-0.05, 0) is 50.5 Å². The molecule has 2 N–H and O–H groups in total. The third-order valence-electron chi connectivity index (χ3n) is 5.36. The van der Waals surface area contributed by atoms with Crippen molar-refractivity contribution in [2.24, 2.45) is 0 Å². The molecule has 30 heavy (non-hydrogen) atoms. The van der Waals surface area contributed by atoms with E-state index >= 15 is 0 Å². The maximum atomic E-state index is 13.1. The Bertz CT molecular complexity index is 1050. The van der Waals surface area contributed by atoms with Gasteiger partial charge in [0, 0.05) is 37.9 Å². The Hall–Kier alpha value is -3.00. The highest BCUT2D eigenvalue weighted by molar-refractivity contribution is 7.17. The Morgan fingerprint density at radius 1 is 1.20 bits per heavy atom. The van der Waals surface area contributed by atoms with Crippen LogP contribution >= 0.6 is 11.3 Å². The van der Waals surface area contributed by atoms with Gasteiger partial charge in [-0.25, -0.2) is 15.0 Å². The van der Waals surface area contributed by atoms with Crippen LogP contribution in [0.2, 0.25) is 0 Å². The van der Waals surface area contributed by atoms with Crippen LogP contribution in [-0.4, -0.2) is 45.9 Å². The summed E-state index contributed by atoms with van der Waals surface area (Å²) in [7, 11) is 1.82. The van der Waals surface area contributed by atoms with Crippen molar-refractivity contribution in [3.63, 3.8) is 0 Å². The molecule has 3 aromatic rings. The fourth-order valence-electron chi connectivity index (χ4n) is 3.73. The summed E-state index contributed by atoms with van der Waals surface area (Å²) in [5, 5.41) is 7.11. The highest BCUT2D eigenvalue weighted by atomic mass is 32.1. The largest absolute Gasteiger partial charge is 0.365 e. The number of aryl methyl sites for hydroxylation is 2. The standard InChI is InChI=1S/C22H26N6OS/c1-14-7-5-11-24-20(14)27-18-10-4-9-17(26-18)16-8-6-12-28(13-16)21(29)19-15(2)25-22(23-3)30-19/h4-5,7,9-11,16H,6,8,12-13H2,1-3H3,(H,23,25)(H,24,26,27). The van der Waals surface area contributed by atoms with E-state index in [0.717, 1.165) is 53.1 Å². The minimum absolute atomic E-state index is 0.0644. The average Bonchev–Trinajstić information content (AvgIpc) is 3.16. The number of nitrogens with one attached hydrogen (secondary N) is 2. The number of piperidine rings is 1. The second-order valence-electron chi connectivity index (χ2n) is 7.52. The lowest BCUT2D eigenvalue weighted by molar-refractivity contribution is 0.0710. The summed E-state index contributed by atoms with van der Waals surface area (Å²) < 4.78 is 0. The molecule has 0 aromatic carbocycles. The zero-order valence-corrected chi connectivity index (χ0v) is 18.3. The Labute approximate surface area is 180 Å². The number of carbonyl (C=O) groups is 1. The van der Waals surface area contributed by atoms with Gasteiger partial charge in [0.2, 0.25) is 0 Å². The lowest BCUT2D eigenvalue weighted by atomic mass is 9.94. The van der Waals surface area contributed by atoms with Gasteiger partial charge in [-0.2, -0.15) is 0 Å². The van der Waals surface area contributed by atoms with Gasteiger partial charge in [0.15, 0.2) is 5.13 Å². The molecule has 3 aromatic heterocycles. The van der Waals surface area contributed by atoms with E-state index in [1.54, 1.807) is 6.20 Å². The van der Waals surface area contributed by atoms with Gasteiger partial charge in [0.1, 0.15) is 16.5 Å². The van der Waals surface area contributed by atoms with Crippen LogP contribution in [0.3, 0.4) is 0 Å². The molecule has 1 unspecified atom stereocenters. The summed E-state index contributed by atoms with van der Waals surface area (Å²) in [6.45, 7) is 5.35. The fourth-order valence-corrected chi connectivity index (χ4v) is 4.62. The molecule has 0 spiro atoms. The zero-order chi connectivity index (χ0) is 21.1. The number of hydrogen-bond acceptors (Lipinski definition) is 7. The molecular formula is C22H26N6OS. The minimum atomic E-state index is 0.0644. The van der Waals surface area contributed by atoms with Crippen LogP contribution in [0.1, 0.15) is 45.4 Å². The smallest absolute Gasteiger partial charge is 0.265 e. The Balaban J connectivity index is 1.50. The van der Waals surface area contributed by atoms with Crippen molar-refractivity contribution in [1.82, 2.24) is 19.9 Å². The molecule has 1 amide bonds. The summed E-state index contributed by atoms with van der Waals surface area (Å²) in [5.41, 5.74) is 2.86. The maximum Gasteiger partial charge on any atom is 0.265 e. The van der Waals surface area contributed by atoms with Crippen LogP contribution in [0.25, 0.3) is 0 Å². The van der Waals surface area contributed by atoms with E-state index in [2.05, 4.69) is 20.6 Å². The fraction of sp³-hybridized carbons (Fsp3) is 0.364. The van der Waals surface area contributed by atoms with Gasteiger partial charge >= 0.3 is 0 Å². The molecule has 1 aliphatic rings. The van der Waals surface area contributed by atoms with Gasteiger partial charge in [0.25, 0.3) is 5.91 Å². The molecule has 8 heteroatoms. The van der Waals surface area contributed by atoms with Gasteiger partial charge < -0.3 is 15.5 Å². The summed E-state index contributed by atoms with van der Waals surface area (Å²) in [4.78, 5) is 29.4. The number of anilines is 3. The highest BCUT2D eigenvalue weighted by Gasteiger charge is 2.28. The van der Waals surface area contributed by atoms with Gasteiger partial charge in [0.05, 0.1) is 5.69 Å². The van der Waals surface area contributed by atoms with Crippen LogP contribution in [0.4, 0.5) is 16.8 Å². The lowest BCUT2D eigenvalue weighted by Gasteiger charge is -2.32. The first-order chi connectivity index (χ1) is 14.5. The Morgan fingerprint density at radius 3 is 2.83 bits per heavy atom. The van der Waals surface area contributed by atoms with Crippen LogP contribution < -0.4 is 10.6 Å².